The zero-order valence-corrected chi connectivity index (χ0v) is 9.66. The summed E-state index contributed by atoms with van der Waals surface area (Å²) in [5, 5.41) is 0. The van der Waals surface area contributed by atoms with Crippen LogP contribution in [-0.4, -0.2) is 17.4 Å². The van der Waals surface area contributed by atoms with Gasteiger partial charge in [0.1, 0.15) is 4.83 Å². The van der Waals surface area contributed by atoms with Crippen LogP contribution in [0.3, 0.4) is 0 Å². The van der Waals surface area contributed by atoms with Gasteiger partial charge in [0, 0.05) is 0 Å². The van der Waals surface area contributed by atoms with Gasteiger partial charge in [0.15, 0.2) is 0 Å². The average Bonchev–Trinajstić information content (AvgIpc) is 2.45. The van der Waals surface area contributed by atoms with Crippen molar-refractivity contribution < 1.29 is 9.53 Å². The van der Waals surface area contributed by atoms with Crippen molar-refractivity contribution in [2.45, 2.75) is 18.2 Å². The Hall–Kier alpha value is -0.830. The van der Waals surface area contributed by atoms with Crippen LogP contribution in [0.1, 0.15) is 13.3 Å². The third-order valence-corrected chi connectivity index (χ3v) is 2.70. The van der Waals surface area contributed by atoms with E-state index < -0.39 is 0 Å². The number of carbonyl (C=O) groups excluding carboxylic acids is 1. The summed E-state index contributed by atoms with van der Waals surface area (Å²) in [6.45, 7) is 2.21. The molecular formula is C11H13BrO2. The molecule has 76 valence electrons. The van der Waals surface area contributed by atoms with Crippen LogP contribution in [0, 0.1) is 0 Å². The summed E-state index contributed by atoms with van der Waals surface area (Å²) in [7, 11) is 0. The van der Waals surface area contributed by atoms with Crippen LogP contribution in [0.15, 0.2) is 36.0 Å². The van der Waals surface area contributed by atoms with Gasteiger partial charge in [-0.3, -0.25) is 4.79 Å². The molecule has 3 heteroatoms. The molecule has 0 N–H and O–H groups in total. The zero-order valence-electron chi connectivity index (χ0n) is 8.07. The first kappa shape index (κ1) is 11.2. The molecule has 0 spiro atoms. The fourth-order valence-electron chi connectivity index (χ4n) is 1.12. The van der Waals surface area contributed by atoms with E-state index in [1.807, 2.05) is 30.4 Å². The molecule has 1 rings (SSSR count). The van der Waals surface area contributed by atoms with Gasteiger partial charge in [-0.05, 0) is 18.9 Å². The predicted molar refractivity (Wildman–Crippen MR) is 60.3 cm³/mol. The Kier molecular flexibility index (Phi) is 4.66. The molecule has 0 saturated heterocycles. The number of ether oxygens (including phenoxy) is 1. The van der Waals surface area contributed by atoms with Crippen LogP contribution in [-0.2, 0) is 9.53 Å². The van der Waals surface area contributed by atoms with Crippen LogP contribution >= 0.6 is 15.9 Å². The Morgan fingerprint density at radius 3 is 3.14 bits per heavy atom. The number of allylic oxidation sites excluding steroid dienone is 5. The molecule has 0 radical (unpaired) electrons. The van der Waals surface area contributed by atoms with Gasteiger partial charge in [0.05, 0.1) is 6.61 Å². The van der Waals surface area contributed by atoms with Crippen LogP contribution in [0.4, 0.5) is 0 Å². The molecule has 0 saturated carbocycles. The monoisotopic (exact) mass is 256 g/mol. The highest BCUT2D eigenvalue weighted by Crippen LogP contribution is 2.17. The lowest BCUT2D eigenvalue weighted by Crippen LogP contribution is -2.18. The van der Waals surface area contributed by atoms with E-state index in [-0.39, 0.29) is 10.8 Å². The topological polar surface area (TPSA) is 26.3 Å². The van der Waals surface area contributed by atoms with Crippen molar-refractivity contribution in [1.82, 2.24) is 0 Å². The second-order valence-corrected chi connectivity index (χ2v) is 3.76. The number of halogens is 1. The maximum Gasteiger partial charge on any atom is 0.324 e. The molecular weight excluding hydrogens is 244 g/mol. The molecule has 14 heavy (non-hydrogen) atoms. The van der Waals surface area contributed by atoms with Gasteiger partial charge >= 0.3 is 5.97 Å². The van der Waals surface area contributed by atoms with Crippen molar-refractivity contribution in [3.8, 4) is 0 Å². The Balaban J connectivity index is 2.67. The van der Waals surface area contributed by atoms with Gasteiger partial charge in [-0.1, -0.05) is 46.3 Å². The number of hydrogen-bond donors (Lipinski definition) is 0. The lowest BCUT2D eigenvalue weighted by molar-refractivity contribution is -0.141. The summed E-state index contributed by atoms with van der Waals surface area (Å²) >= 11 is 3.31. The summed E-state index contributed by atoms with van der Waals surface area (Å²) in [4.78, 5) is 11.0. The average molecular weight is 257 g/mol. The SMILES string of the molecule is CCOC(=O)C(Br)C1=CC=CCC=C1. The third-order valence-electron chi connectivity index (χ3n) is 1.79. The van der Waals surface area contributed by atoms with Gasteiger partial charge in [-0.2, -0.15) is 0 Å². The Morgan fingerprint density at radius 2 is 2.43 bits per heavy atom. The number of esters is 1. The molecule has 0 heterocycles. The highest BCUT2D eigenvalue weighted by Gasteiger charge is 2.18. The maximum atomic E-state index is 11.4. The summed E-state index contributed by atoms with van der Waals surface area (Å²) in [6.07, 6.45) is 10.8. The van der Waals surface area contributed by atoms with Crippen molar-refractivity contribution in [2.24, 2.45) is 0 Å². The normalized spacial score (nSPS) is 17.1. The van der Waals surface area contributed by atoms with Crippen LogP contribution in [0.2, 0.25) is 0 Å². The molecule has 1 aliphatic rings. The van der Waals surface area contributed by atoms with Crippen LogP contribution in [0.5, 0.6) is 0 Å². The molecule has 0 amide bonds. The lowest BCUT2D eigenvalue weighted by atomic mass is 10.1. The second kappa shape index (κ2) is 5.81. The van der Waals surface area contributed by atoms with Crippen molar-refractivity contribution in [3.05, 3.63) is 36.0 Å². The molecule has 1 unspecified atom stereocenters. The predicted octanol–water partition coefficient (Wildman–Crippen LogP) is 2.76. The Labute approximate surface area is 92.5 Å². The Morgan fingerprint density at radius 1 is 1.64 bits per heavy atom. The number of hydrogen-bond acceptors (Lipinski definition) is 2. The van der Waals surface area contributed by atoms with E-state index in [1.165, 1.54) is 0 Å². The first-order valence-corrected chi connectivity index (χ1v) is 5.51. The third kappa shape index (κ3) is 3.14. The van der Waals surface area contributed by atoms with Gasteiger partial charge in [-0.15, -0.1) is 0 Å². The van der Waals surface area contributed by atoms with Crippen LogP contribution in [0.25, 0.3) is 0 Å². The van der Waals surface area contributed by atoms with E-state index in [1.54, 1.807) is 6.92 Å². The molecule has 0 aromatic carbocycles. The van der Waals surface area contributed by atoms with E-state index in [0.29, 0.717) is 6.61 Å². The maximum absolute atomic E-state index is 11.4. The zero-order chi connectivity index (χ0) is 10.4. The molecule has 0 fully saturated rings. The lowest BCUT2D eigenvalue weighted by Gasteiger charge is -2.09. The smallest absolute Gasteiger partial charge is 0.324 e. The number of rotatable bonds is 3. The largest absolute Gasteiger partial charge is 0.465 e. The fourth-order valence-corrected chi connectivity index (χ4v) is 1.55. The molecule has 1 aliphatic carbocycles. The molecule has 0 bridgehead atoms. The van der Waals surface area contributed by atoms with Gasteiger partial charge in [0.2, 0.25) is 0 Å². The highest BCUT2D eigenvalue weighted by atomic mass is 79.9. The van der Waals surface area contributed by atoms with Crippen molar-refractivity contribution >= 4 is 21.9 Å². The highest BCUT2D eigenvalue weighted by molar-refractivity contribution is 9.10. The first-order chi connectivity index (χ1) is 6.75. The molecule has 0 aromatic rings. The van der Waals surface area contributed by atoms with Gasteiger partial charge < -0.3 is 4.74 Å². The minimum Gasteiger partial charge on any atom is -0.465 e. The van der Waals surface area contributed by atoms with Crippen molar-refractivity contribution in [2.75, 3.05) is 6.61 Å². The van der Waals surface area contributed by atoms with E-state index in [0.717, 1.165) is 12.0 Å². The van der Waals surface area contributed by atoms with Crippen LogP contribution < -0.4 is 0 Å². The summed E-state index contributed by atoms with van der Waals surface area (Å²) in [5.74, 6) is -0.237. The minimum absolute atomic E-state index is 0.237. The fraction of sp³-hybridized carbons (Fsp3) is 0.364. The van der Waals surface area contributed by atoms with Crippen molar-refractivity contribution in [1.29, 1.82) is 0 Å². The van der Waals surface area contributed by atoms with E-state index in [9.17, 15) is 4.79 Å². The van der Waals surface area contributed by atoms with Gasteiger partial charge in [0.25, 0.3) is 0 Å². The second-order valence-electron chi connectivity index (χ2n) is 2.85. The van der Waals surface area contributed by atoms with Gasteiger partial charge in [-0.25, -0.2) is 0 Å². The molecule has 0 aromatic heterocycles. The molecule has 2 nitrogen and oxygen atoms in total. The minimum atomic E-state index is -0.360. The molecule has 1 atom stereocenters. The number of carbonyl (C=O) groups is 1. The standard InChI is InChI=1S/C11H13BrO2/c1-2-14-11(13)10(12)9-7-5-3-4-6-8-9/h3,5-8,10H,2,4H2,1H3. The van der Waals surface area contributed by atoms with E-state index >= 15 is 0 Å². The summed E-state index contributed by atoms with van der Waals surface area (Å²) in [6, 6.07) is 0. The summed E-state index contributed by atoms with van der Waals surface area (Å²) < 4.78 is 4.91. The molecule has 0 aliphatic heterocycles. The first-order valence-electron chi connectivity index (χ1n) is 4.59. The number of alkyl halides is 1. The van der Waals surface area contributed by atoms with Crippen molar-refractivity contribution in [3.63, 3.8) is 0 Å². The van der Waals surface area contributed by atoms with E-state index in [2.05, 4.69) is 15.9 Å². The van der Waals surface area contributed by atoms with E-state index in [4.69, 9.17) is 4.74 Å². The summed E-state index contributed by atoms with van der Waals surface area (Å²) in [5.41, 5.74) is 0.928. The Bertz CT molecular complexity index is 290. The quantitative estimate of drug-likeness (QED) is 0.574.